The predicted molar refractivity (Wildman–Crippen MR) is 91.2 cm³/mol. The highest BCUT2D eigenvalue weighted by molar-refractivity contribution is 7.86. The predicted octanol–water partition coefficient (Wildman–Crippen LogP) is -2.21. The lowest BCUT2D eigenvalue weighted by Gasteiger charge is -2.38. The zero-order chi connectivity index (χ0) is 18.0. The van der Waals surface area contributed by atoms with Gasteiger partial charge in [0.1, 0.15) is 0 Å². The summed E-state index contributed by atoms with van der Waals surface area (Å²) in [5.74, 6) is -0.0246. The summed E-state index contributed by atoms with van der Waals surface area (Å²) in [7, 11) is -4.98. The highest BCUT2D eigenvalue weighted by atomic mass is 32.2. The van der Waals surface area contributed by atoms with E-state index in [1.54, 1.807) is 0 Å². The molecular weight excluding hydrogens is 335 g/mol. The number of rotatable bonds is 9. The van der Waals surface area contributed by atoms with E-state index in [0.29, 0.717) is 32.6 Å². The maximum Gasteiger partial charge on any atom is 0.451 e. The van der Waals surface area contributed by atoms with Gasteiger partial charge in [-0.2, -0.15) is 17.0 Å². The maximum atomic E-state index is 13.0. The van der Waals surface area contributed by atoms with E-state index >= 15 is 0 Å². The van der Waals surface area contributed by atoms with Gasteiger partial charge in [-0.25, -0.2) is 0 Å². The van der Waals surface area contributed by atoms with Crippen LogP contribution in [0.15, 0.2) is 0 Å². The largest absolute Gasteiger partial charge is 0.451 e. The van der Waals surface area contributed by atoms with Crippen LogP contribution in [0.1, 0.15) is 19.8 Å². The molecule has 2 heterocycles. The number of hydrogen-bond donors (Lipinski definition) is 4. The van der Waals surface area contributed by atoms with Gasteiger partial charge < -0.3 is 26.3 Å². The first-order valence-corrected chi connectivity index (χ1v) is 9.78. The van der Waals surface area contributed by atoms with E-state index in [-0.39, 0.29) is 37.9 Å². The van der Waals surface area contributed by atoms with Gasteiger partial charge >= 0.3 is 7.12 Å². The Hall–Kier alpha value is -0.265. The van der Waals surface area contributed by atoms with Crippen molar-refractivity contribution < 1.29 is 23.2 Å². The Morgan fingerprint density at radius 3 is 2.58 bits per heavy atom. The number of ether oxygens (including phenoxy) is 1. The van der Waals surface area contributed by atoms with E-state index < -0.39 is 22.9 Å². The monoisotopic (exact) mass is 364 g/mol. The van der Waals surface area contributed by atoms with Gasteiger partial charge in [0.05, 0.1) is 19.3 Å². The van der Waals surface area contributed by atoms with Crippen LogP contribution in [-0.4, -0.2) is 85.2 Å². The molecule has 0 amide bonds. The van der Waals surface area contributed by atoms with E-state index in [4.69, 9.17) is 26.3 Å². The minimum absolute atomic E-state index is 0.0246. The quantitative estimate of drug-likeness (QED) is 0.340. The van der Waals surface area contributed by atoms with Crippen molar-refractivity contribution in [2.75, 3.05) is 39.4 Å². The van der Waals surface area contributed by atoms with Crippen LogP contribution in [0.3, 0.4) is 0 Å². The molecule has 2 saturated heterocycles. The minimum atomic E-state index is -3.64. The van der Waals surface area contributed by atoms with Gasteiger partial charge in [0, 0.05) is 31.7 Å². The van der Waals surface area contributed by atoms with Gasteiger partial charge in [-0.15, -0.1) is 0 Å². The van der Waals surface area contributed by atoms with E-state index in [9.17, 15) is 8.42 Å². The van der Waals surface area contributed by atoms with Crippen LogP contribution in [0.2, 0.25) is 6.32 Å². The standard InChI is InChI=1S/C13H29BN4O5S/c1-13(16)10-17(7-11(13)3-2-4-14(19)20)24(21,22)18(6-5-15)12-8-23-9-12/h11-12,19-20H,2-10,15-16H2,1H3/t11-,13-/m0/s1. The normalized spacial score (nSPS) is 29.2. The number of hydrogen-bond acceptors (Lipinski definition) is 7. The SMILES string of the molecule is C[C@]1(N)CN(S(=O)(=O)N(CCN)C2COC2)C[C@@H]1CCCB(O)O. The Morgan fingerprint density at radius 2 is 2.08 bits per heavy atom. The Kier molecular flexibility index (Phi) is 6.65. The van der Waals surface area contributed by atoms with Crippen LogP contribution in [0.5, 0.6) is 0 Å². The number of nitrogens with two attached hydrogens (primary N) is 2. The third-order valence-corrected chi connectivity index (χ3v) is 6.89. The highest BCUT2D eigenvalue weighted by Gasteiger charge is 2.47. The molecule has 0 saturated carbocycles. The van der Waals surface area contributed by atoms with Crippen LogP contribution in [0.4, 0.5) is 0 Å². The summed E-state index contributed by atoms with van der Waals surface area (Å²) in [5.41, 5.74) is 11.3. The molecule has 0 unspecified atom stereocenters. The van der Waals surface area contributed by atoms with Crippen molar-refractivity contribution in [1.29, 1.82) is 0 Å². The van der Waals surface area contributed by atoms with E-state index in [2.05, 4.69) is 0 Å². The molecule has 6 N–H and O–H groups in total. The third kappa shape index (κ3) is 4.47. The lowest BCUT2D eigenvalue weighted by atomic mass is 9.79. The molecule has 0 aliphatic carbocycles. The molecule has 9 nitrogen and oxygen atoms in total. The first kappa shape index (κ1) is 20.1. The van der Waals surface area contributed by atoms with Crippen molar-refractivity contribution in [3.8, 4) is 0 Å². The molecule has 24 heavy (non-hydrogen) atoms. The van der Waals surface area contributed by atoms with Crippen molar-refractivity contribution in [3.05, 3.63) is 0 Å². The van der Waals surface area contributed by atoms with Gasteiger partial charge in [0.2, 0.25) is 0 Å². The minimum Gasteiger partial charge on any atom is -0.427 e. The molecule has 140 valence electrons. The maximum absolute atomic E-state index is 13.0. The zero-order valence-corrected chi connectivity index (χ0v) is 15.0. The van der Waals surface area contributed by atoms with Gasteiger partial charge in [-0.05, 0) is 25.6 Å². The second-order valence-corrected chi connectivity index (χ2v) is 8.89. The first-order valence-electron chi connectivity index (χ1n) is 8.38. The van der Waals surface area contributed by atoms with Crippen molar-refractivity contribution in [2.45, 2.75) is 37.7 Å². The molecule has 0 spiro atoms. The smallest absolute Gasteiger partial charge is 0.427 e. The molecule has 2 aliphatic heterocycles. The average Bonchev–Trinajstić information content (AvgIpc) is 2.72. The summed E-state index contributed by atoms with van der Waals surface area (Å²) in [6, 6.07) is -0.161. The highest BCUT2D eigenvalue weighted by Crippen LogP contribution is 2.33. The summed E-state index contributed by atoms with van der Waals surface area (Å²) >= 11 is 0. The Bertz CT molecular complexity index is 514. The molecular formula is C13H29BN4O5S. The van der Waals surface area contributed by atoms with Crippen LogP contribution >= 0.6 is 0 Å². The van der Waals surface area contributed by atoms with Gasteiger partial charge in [-0.1, -0.05) is 6.42 Å². The van der Waals surface area contributed by atoms with Gasteiger partial charge in [0.25, 0.3) is 10.2 Å². The second kappa shape index (κ2) is 7.96. The summed E-state index contributed by atoms with van der Waals surface area (Å²) in [5, 5.41) is 17.9. The second-order valence-electron chi connectivity index (χ2n) is 7.01. The molecule has 0 aromatic rings. The van der Waals surface area contributed by atoms with E-state index in [0.717, 1.165) is 0 Å². The summed E-state index contributed by atoms with van der Waals surface area (Å²) in [6.07, 6.45) is 1.50. The fourth-order valence-electron chi connectivity index (χ4n) is 3.32. The van der Waals surface area contributed by atoms with Crippen molar-refractivity contribution in [2.24, 2.45) is 17.4 Å². The third-order valence-electron chi connectivity index (χ3n) is 4.89. The fraction of sp³-hybridized carbons (Fsp3) is 1.00. The number of nitrogens with zero attached hydrogens (tertiary/aromatic N) is 2. The lowest BCUT2D eigenvalue weighted by molar-refractivity contribution is -0.0374. The average molecular weight is 364 g/mol. The van der Waals surface area contributed by atoms with Crippen LogP contribution < -0.4 is 11.5 Å². The summed E-state index contributed by atoms with van der Waals surface area (Å²) in [4.78, 5) is 0. The molecule has 0 radical (unpaired) electrons. The molecule has 0 bridgehead atoms. The molecule has 2 atom stereocenters. The van der Waals surface area contributed by atoms with Gasteiger partial charge in [-0.3, -0.25) is 0 Å². The molecule has 0 aromatic heterocycles. The Balaban J connectivity index is 2.04. The van der Waals surface area contributed by atoms with E-state index in [1.165, 1.54) is 8.61 Å². The molecule has 2 aliphatic rings. The van der Waals surface area contributed by atoms with Crippen LogP contribution in [0, 0.1) is 5.92 Å². The van der Waals surface area contributed by atoms with Crippen molar-refractivity contribution in [1.82, 2.24) is 8.61 Å². The van der Waals surface area contributed by atoms with Gasteiger partial charge in [0.15, 0.2) is 0 Å². The molecule has 11 heteroatoms. The fourth-order valence-corrected chi connectivity index (χ4v) is 5.26. The summed E-state index contributed by atoms with van der Waals surface area (Å²) in [6.45, 7) is 3.73. The topological polar surface area (TPSA) is 142 Å². The van der Waals surface area contributed by atoms with Crippen molar-refractivity contribution in [3.63, 3.8) is 0 Å². The molecule has 2 fully saturated rings. The first-order chi connectivity index (χ1) is 11.2. The summed E-state index contributed by atoms with van der Waals surface area (Å²) < 4.78 is 33.9. The van der Waals surface area contributed by atoms with E-state index in [1.807, 2.05) is 6.92 Å². The molecule has 2 rings (SSSR count). The van der Waals surface area contributed by atoms with Crippen molar-refractivity contribution >= 4 is 17.3 Å². The Morgan fingerprint density at radius 1 is 1.42 bits per heavy atom. The lowest BCUT2D eigenvalue weighted by Crippen LogP contribution is -2.57. The Labute approximate surface area is 144 Å². The van der Waals surface area contributed by atoms with Crippen LogP contribution in [0.25, 0.3) is 0 Å². The zero-order valence-electron chi connectivity index (χ0n) is 14.2. The molecule has 0 aromatic carbocycles. The van der Waals surface area contributed by atoms with Crippen LogP contribution in [-0.2, 0) is 14.9 Å².